The van der Waals surface area contributed by atoms with Gasteiger partial charge in [0.05, 0.1) is 23.2 Å². The number of carbonyl (C=O) groups excluding carboxylic acids is 2. The van der Waals surface area contributed by atoms with Gasteiger partial charge in [0.15, 0.2) is 11.6 Å². The van der Waals surface area contributed by atoms with Crippen LogP contribution in [-0.2, 0) is 54.2 Å². The van der Waals surface area contributed by atoms with Gasteiger partial charge in [-0.15, -0.1) is 0 Å². The molecule has 0 radical (unpaired) electrons. The van der Waals surface area contributed by atoms with Crippen molar-refractivity contribution in [2.24, 2.45) is 5.73 Å². The average molecular weight is 1160 g/mol. The molecule has 7 rings (SSSR count). The second kappa shape index (κ2) is 31.8. The number of nitrogens with two attached hydrogens (primary N) is 1. The molecule has 442 valence electrons. The third-order valence-corrected chi connectivity index (χ3v) is 12.6. The number of thioether (sulfide) groups is 1. The van der Waals surface area contributed by atoms with Gasteiger partial charge in [0.1, 0.15) is 24.4 Å². The Morgan fingerprint density at radius 3 is 1.12 bits per heavy atom. The van der Waals surface area contributed by atoms with Crippen LogP contribution in [0.4, 0.5) is 26.3 Å². The molecule has 2 amide bonds. The quantitative estimate of drug-likeness (QED) is 0.0317. The second-order valence-electron chi connectivity index (χ2n) is 20.2. The van der Waals surface area contributed by atoms with Crippen molar-refractivity contribution in [2.75, 3.05) is 19.1 Å². The maximum atomic E-state index is 13.2. The molecule has 2 heterocycles. The largest absolute Gasteiger partial charge is 0.478 e. The van der Waals surface area contributed by atoms with Crippen molar-refractivity contribution >= 4 is 35.5 Å². The standard InChI is InChI=1S/C27H35F3N2O3.C23H27F3N2O3.C8H6O4.C2H6S/c1-4-5-16-31-21(17-19-12-8-6-9-13-19)23-24(35-26(2,3)34-23)22(32-25(33)27(28,29)30)18-20-14-10-7-11-15-20;1-22(2)30-19(17(27)13-15-9-5-3-6-10-15)20(31-22)18(28-21(29)23(24,25)26)14-16-11-7-4-8-12-16;9-7(10)5-3-1-2-4-6(5)8(11)12;1-3-2/h6-15,21-24,31H,4-5,16-18H2,1-3H3,(H,32,33);3-12,17-20H,13-14,27H2,1-2H3,(H,28,29);1-4H,(H,9,10)(H,11,12);1-2H3/t21-,22-,23+,24+;17-,18-,19+,20+;;/m11../s1. The molecule has 7 N–H and O–H groups in total. The minimum atomic E-state index is -5.01. The molecule has 0 bridgehead atoms. The minimum absolute atomic E-state index is 0.140. The molecule has 8 atom stereocenters. The van der Waals surface area contributed by atoms with Crippen molar-refractivity contribution in [1.29, 1.82) is 0 Å². The SMILES string of the molecule is CC1(C)O[C@@H]([C@H](N)Cc2ccccc2)[C@H]([C@@H](Cc2ccccc2)NC(=O)C(F)(F)F)O1.CCCCN[C@H](Cc1ccccc1)[C@@H]1OC(C)(C)O[C@H]1[C@@H](Cc1ccccc1)NC(=O)C(F)(F)F.CSC.O=C(O)c1ccccc1C(=O)O. The molecule has 2 fully saturated rings. The molecule has 0 spiro atoms. The Bertz CT molecular complexity index is 2660. The van der Waals surface area contributed by atoms with E-state index in [1.807, 2.05) is 110 Å². The van der Waals surface area contributed by atoms with Crippen molar-refractivity contribution in [3.63, 3.8) is 0 Å². The van der Waals surface area contributed by atoms with Gasteiger partial charge < -0.3 is 50.8 Å². The van der Waals surface area contributed by atoms with Gasteiger partial charge in [0, 0.05) is 12.1 Å². The summed E-state index contributed by atoms with van der Waals surface area (Å²) in [6, 6.07) is 40.2. The second-order valence-corrected chi connectivity index (χ2v) is 21.0. The fourth-order valence-electron chi connectivity index (χ4n) is 9.13. The van der Waals surface area contributed by atoms with Crippen LogP contribution in [-0.4, -0.2) is 126 Å². The highest BCUT2D eigenvalue weighted by atomic mass is 32.2. The van der Waals surface area contributed by atoms with Crippen LogP contribution in [0.2, 0.25) is 0 Å². The van der Waals surface area contributed by atoms with Crippen LogP contribution in [0.15, 0.2) is 146 Å². The first-order valence-corrected chi connectivity index (χ1v) is 27.9. The number of rotatable bonds is 20. The zero-order valence-corrected chi connectivity index (χ0v) is 47.2. The van der Waals surface area contributed by atoms with E-state index < -0.39 is 90.2 Å². The zero-order valence-electron chi connectivity index (χ0n) is 46.3. The van der Waals surface area contributed by atoms with E-state index in [9.17, 15) is 45.5 Å². The van der Waals surface area contributed by atoms with Gasteiger partial charge in [0.2, 0.25) is 0 Å². The van der Waals surface area contributed by atoms with E-state index in [0.717, 1.165) is 41.6 Å². The van der Waals surface area contributed by atoms with E-state index in [1.54, 1.807) is 63.7 Å². The lowest BCUT2D eigenvalue weighted by atomic mass is 9.91. The molecule has 21 heteroatoms. The number of carbonyl (C=O) groups is 4. The Morgan fingerprint density at radius 1 is 0.519 bits per heavy atom. The summed E-state index contributed by atoms with van der Waals surface area (Å²) in [7, 11) is 0. The monoisotopic (exact) mass is 1160 g/mol. The van der Waals surface area contributed by atoms with Gasteiger partial charge >= 0.3 is 36.1 Å². The van der Waals surface area contributed by atoms with Crippen LogP contribution in [0.1, 0.15) is 90.4 Å². The van der Waals surface area contributed by atoms with Crippen LogP contribution < -0.4 is 21.7 Å². The van der Waals surface area contributed by atoms with Gasteiger partial charge in [-0.1, -0.05) is 147 Å². The topological polar surface area (TPSA) is 208 Å². The van der Waals surface area contributed by atoms with E-state index in [-0.39, 0.29) is 30.0 Å². The third-order valence-electron chi connectivity index (χ3n) is 12.6. The van der Waals surface area contributed by atoms with Crippen molar-refractivity contribution in [3.05, 3.63) is 179 Å². The van der Waals surface area contributed by atoms with E-state index in [2.05, 4.69) is 22.9 Å². The fourth-order valence-corrected chi connectivity index (χ4v) is 9.13. The normalized spacial score (nSPS) is 19.5. The Hall–Kier alpha value is -6.33. The Morgan fingerprint density at radius 2 is 0.802 bits per heavy atom. The molecule has 5 aromatic rings. The summed E-state index contributed by atoms with van der Waals surface area (Å²) in [6.07, 6.45) is -5.54. The summed E-state index contributed by atoms with van der Waals surface area (Å²) in [4.78, 5) is 44.7. The number of halogens is 6. The summed E-state index contributed by atoms with van der Waals surface area (Å²) in [5.41, 5.74) is 9.66. The Balaban J connectivity index is 0.000000280. The highest BCUT2D eigenvalue weighted by molar-refractivity contribution is 7.97. The molecule has 81 heavy (non-hydrogen) atoms. The zero-order chi connectivity index (χ0) is 60.0. The van der Waals surface area contributed by atoms with Crippen molar-refractivity contribution in [2.45, 2.75) is 146 Å². The van der Waals surface area contributed by atoms with Crippen LogP contribution >= 0.6 is 11.8 Å². The molecule has 2 aliphatic rings. The number of hydrogen-bond acceptors (Lipinski definition) is 11. The van der Waals surface area contributed by atoms with Gasteiger partial charge in [-0.05, 0) is 113 Å². The lowest BCUT2D eigenvalue weighted by molar-refractivity contribution is -0.176. The number of hydrogen-bond donors (Lipinski definition) is 6. The molecule has 14 nitrogen and oxygen atoms in total. The molecule has 0 aromatic heterocycles. The number of benzene rings is 5. The number of carboxylic acid groups (broad SMARTS) is 2. The first-order chi connectivity index (χ1) is 38.2. The van der Waals surface area contributed by atoms with Gasteiger partial charge in [-0.3, -0.25) is 9.59 Å². The molecule has 0 saturated carbocycles. The van der Waals surface area contributed by atoms with Crippen molar-refractivity contribution in [1.82, 2.24) is 16.0 Å². The van der Waals surface area contributed by atoms with Crippen LogP contribution in [0.3, 0.4) is 0 Å². The molecule has 0 aliphatic carbocycles. The minimum Gasteiger partial charge on any atom is -0.478 e. The fraction of sp³-hybridized carbons (Fsp3) is 0.433. The first-order valence-electron chi connectivity index (χ1n) is 26.3. The third kappa shape index (κ3) is 22.5. The lowest BCUT2D eigenvalue weighted by Crippen LogP contribution is -2.56. The maximum absolute atomic E-state index is 13.2. The van der Waals surface area contributed by atoms with Gasteiger partial charge in [-0.2, -0.15) is 38.1 Å². The smallest absolute Gasteiger partial charge is 0.471 e. The molecular weight excluding hydrogens is 1080 g/mol. The number of aromatic carboxylic acids is 2. The highest BCUT2D eigenvalue weighted by Gasteiger charge is 2.52. The predicted molar refractivity (Wildman–Crippen MR) is 299 cm³/mol. The highest BCUT2D eigenvalue weighted by Crippen LogP contribution is 2.36. The van der Waals surface area contributed by atoms with E-state index in [1.165, 1.54) is 24.3 Å². The van der Waals surface area contributed by atoms with Crippen LogP contribution in [0.25, 0.3) is 0 Å². The summed E-state index contributed by atoms with van der Waals surface area (Å²) in [6.45, 7) is 9.69. The summed E-state index contributed by atoms with van der Waals surface area (Å²) in [5, 5.41) is 25.0. The molecular formula is C60H74F6N4O10S. The maximum Gasteiger partial charge on any atom is 0.471 e. The molecule has 2 saturated heterocycles. The number of alkyl halides is 6. The summed E-state index contributed by atoms with van der Waals surface area (Å²) < 4.78 is 103. The lowest BCUT2D eigenvalue weighted by Gasteiger charge is -2.32. The predicted octanol–water partition coefficient (Wildman–Crippen LogP) is 10.2. The van der Waals surface area contributed by atoms with Crippen LogP contribution in [0, 0.1) is 0 Å². The van der Waals surface area contributed by atoms with E-state index >= 15 is 0 Å². The van der Waals surface area contributed by atoms with Gasteiger partial charge in [0.25, 0.3) is 0 Å². The molecule has 2 aliphatic heterocycles. The summed E-state index contributed by atoms with van der Waals surface area (Å²) in [5.74, 6) is -8.53. The van der Waals surface area contributed by atoms with E-state index in [4.69, 9.17) is 34.9 Å². The average Bonchev–Trinajstić information content (AvgIpc) is 4.05. The summed E-state index contributed by atoms with van der Waals surface area (Å²) >= 11 is 1.75. The number of carboxylic acids is 2. The van der Waals surface area contributed by atoms with Crippen molar-refractivity contribution < 1.29 is 74.7 Å². The Labute approximate surface area is 473 Å². The molecule has 5 aromatic carbocycles. The number of amides is 2. The van der Waals surface area contributed by atoms with Gasteiger partial charge in [-0.25, -0.2) is 9.59 Å². The number of nitrogens with one attached hydrogen (secondary N) is 3. The molecule has 0 unspecified atom stereocenters. The van der Waals surface area contributed by atoms with Crippen LogP contribution in [0.5, 0.6) is 0 Å². The Kier molecular flexibility index (Phi) is 26.3. The first kappa shape index (κ1) is 67.2. The number of ether oxygens (including phenoxy) is 4. The number of unbranched alkanes of at least 4 members (excludes halogenated alkanes) is 1. The van der Waals surface area contributed by atoms with E-state index in [0.29, 0.717) is 12.8 Å². The van der Waals surface area contributed by atoms with Crippen molar-refractivity contribution in [3.8, 4) is 0 Å².